The molecule has 1 heterocycles. The summed E-state index contributed by atoms with van der Waals surface area (Å²) in [4.78, 5) is 9.02. The van der Waals surface area contributed by atoms with Gasteiger partial charge in [-0.05, 0) is 59.8 Å². The van der Waals surface area contributed by atoms with Crippen LogP contribution in [-0.4, -0.2) is 9.97 Å². The number of aromatic nitrogens is 2. The Morgan fingerprint density at radius 2 is 1.68 bits per heavy atom. The fraction of sp³-hybridized carbons (Fsp3) is 0.0667. The number of ether oxygens (including phenoxy) is 1. The molecule has 0 unspecified atom stereocenters. The van der Waals surface area contributed by atoms with Gasteiger partial charge >= 0.3 is 0 Å². The number of hydrogen-bond acceptors (Lipinski definition) is 3. The predicted molar refractivity (Wildman–Crippen MR) is 83.5 cm³/mol. The molecule has 0 aliphatic heterocycles. The highest BCUT2D eigenvalue weighted by Crippen LogP contribution is 2.25. The van der Waals surface area contributed by atoms with Gasteiger partial charge in [0.05, 0.1) is 11.0 Å². The summed E-state index contributed by atoms with van der Waals surface area (Å²) in [7, 11) is 0. The summed E-state index contributed by atoms with van der Waals surface area (Å²) in [5.74, 6) is 1.33. The molecule has 0 N–H and O–H groups in total. The Hall–Kier alpha value is -1.69. The summed E-state index contributed by atoms with van der Waals surface area (Å²) in [6.45, 7) is 1.91. The van der Waals surface area contributed by atoms with E-state index in [0.29, 0.717) is 5.88 Å². The third-order valence-electron chi connectivity index (χ3n) is 2.71. The molecule has 2 aromatic carbocycles. The molecular weight excluding hydrogens is 351 g/mol. The normalized spacial score (nSPS) is 10.6. The smallest absolute Gasteiger partial charge is 0.241 e. The first-order valence-corrected chi connectivity index (χ1v) is 6.97. The van der Waals surface area contributed by atoms with Gasteiger partial charge in [-0.15, -0.1) is 0 Å². The van der Waals surface area contributed by atoms with Crippen molar-refractivity contribution in [3.63, 3.8) is 0 Å². The van der Waals surface area contributed by atoms with Crippen LogP contribution in [0.2, 0.25) is 0 Å². The Morgan fingerprint density at radius 1 is 0.947 bits per heavy atom. The molecule has 0 bridgehead atoms. The lowest BCUT2D eigenvalue weighted by molar-refractivity contribution is 0.458. The molecule has 0 aliphatic carbocycles. The van der Waals surface area contributed by atoms with Crippen molar-refractivity contribution in [2.24, 2.45) is 0 Å². The average molecular weight is 362 g/mol. The number of rotatable bonds is 2. The van der Waals surface area contributed by atoms with Gasteiger partial charge in [-0.25, -0.2) is 9.97 Å². The van der Waals surface area contributed by atoms with E-state index in [1.807, 2.05) is 55.5 Å². The molecule has 0 atom stereocenters. The number of hydrogen-bond donors (Lipinski definition) is 0. The van der Waals surface area contributed by atoms with E-state index in [4.69, 9.17) is 4.74 Å². The summed E-state index contributed by atoms with van der Waals surface area (Å²) in [6.07, 6.45) is 0. The SMILES string of the molecule is Cc1nc2ccccc2nc1Oc1cccc(I)c1. The monoisotopic (exact) mass is 362 g/mol. The minimum atomic E-state index is 0.556. The Kier molecular flexibility index (Phi) is 3.33. The van der Waals surface area contributed by atoms with Gasteiger partial charge in [-0.2, -0.15) is 0 Å². The third-order valence-corrected chi connectivity index (χ3v) is 3.38. The van der Waals surface area contributed by atoms with Crippen LogP contribution in [0.15, 0.2) is 48.5 Å². The van der Waals surface area contributed by atoms with Gasteiger partial charge < -0.3 is 4.74 Å². The number of para-hydroxylation sites is 2. The van der Waals surface area contributed by atoms with E-state index in [2.05, 4.69) is 32.6 Å². The van der Waals surface area contributed by atoms with Crippen LogP contribution in [0.25, 0.3) is 11.0 Å². The maximum absolute atomic E-state index is 5.82. The lowest BCUT2D eigenvalue weighted by Gasteiger charge is -2.08. The van der Waals surface area contributed by atoms with Crippen LogP contribution in [0, 0.1) is 10.5 Å². The Balaban J connectivity index is 2.03. The standard InChI is InChI=1S/C15H11IN2O/c1-10-15(19-12-6-4-5-11(16)9-12)18-14-8-3-2-7-13(14)17-10/h2-9H,1H3. The fourth-order valence-electron chi connectivity index (χ4n) is 1.81. The van der Waals surface area contributed by atoms with Gasteiger partial charge in [-0.1, -0.05) is 18.2 Å². The number of halogens is 1. The molecule has 0 aliphatic rings. The van der Waals surface area contributed by atoms with Crippen LogP contribution in [0.3, 0.4) is 0 Å². The van der Waals surface area contributed by atoms with Crippen molar-refractivity contribution < 1.29 is 4.74 Å². The van der Waals surface area contributed by atoms with Crippen LogP contribution in [0.5, 0.6) is 11.6 Å². The van der Waals surface area contributed by atoms with Gasteiger partial charge in [0.25, 0.3) is 0 Å². The first-order chi connectivity index (χ1) is 9.22. The molecule has 0 radical (unpaired) electrons. The summed E-state index contributed by atoms with van der Waals surface area (Å²) in [5, 5.41) is 0. The Labute approximate surface area is 124 Å². The number of benzene rings is 2. The van der Waals surface area contributed by atoms with E-state index in [0.717, 1.165) is 26.0 Å². The van der Waals surface area contributed by atoms with Gasteiger partial charge in [0.15, 0.2) is 0 Å². The zero-order valence-electron chi connectivity index (χ0n) is 10.3. The van der Waals surface area contributed by atoms with E-state index in [1.165, 1.54) is 0 Å². The number of nitrogens with zero attached hydrogens (tertiary/aromatic N) is 2. The van der Waals surface area contributed by atoms with Crippen LogP contribution in [-0.2, 0) is 0 Å². The lowest BCUT2D eigenvalue weighted by Crippen LogP contribution is -1.95. The minimum absolute atomic E-state index is 0.556. The minimum Gasteiger partial charge on any atom is -0.437 e. The second-order valence-electron chi connectivity index (χ2n) is 4.16. The topological polar surface area (TPSA) is 35.0 Å². The second-order valence-corrected chi connectivity index (χ2v) is 5.41. The molecule has 0 saturated carbocycles. The zero-order valence-corrected chi connectivity index (χ0v) is 12.5. The summed E-state index contributed by atoms with van der Waals surface area (Å²) in [6, 6.07) is 15.6. The highest BCUT2D eigenvalue weighted by Gasteiger charge is 2.07. The van der Waals surface area contributed by atoms with E-state index in [-0.39, 0.29) is 0 Å². The first-order valence-electron chi connectivity index (χ1n) is 5.89. The molecule has 0 fully saturated rings. The maximum atomic E-state index is 5.82. The number of fused-ring (bicyclic) bond motifs is 1. The fourth-order valence-corrected chi connectivity index (χ4v) is 2.33. The second kappa shape index (κ2) is 5.13. The lowest BCUT2D eigenvalue weighted by atomic mass is 10.3. The quantitative estimate of drug-likeness (QED) is 0.637. The molecule has 0 amide bonds. The largest absolute Gasteiger partial charge is 0.437 e. The molecule has 0 saturated heterocycles. The summed E-state index contributed by atoms with van der Waals surface area (Å²) in [5.41, 5.74) is 2.52. The van der Waals surface area contributed by atoms with Gasteiger partial charge in [0, 0.05) is 3.57 Å². The molecule has 3 aromatic rings. The van der Waals surface area contributed by atoms with E-state index in [1.54, 1.807) is 0 Å². The molecular formula is C15H11IN2O. The molecule has 94 valence electrons. The molecule has 3 nitrogen and oxygen atoms in total. The van der Waals surface area contributed by atoms with E-state index >= 15 is 0 Å². The van der Waals surface area contributed by atoms with Crippen molar-refractivity contribution in [1.29, 1.82) is 0 Å². The van der Waals surface area contributed by atoms with E-state index in [9.17, 15) is 0 Å². The van der Waals surface area contributed by atoms with Crippen molar-refractivity contribution in [3.8, 4) is 11.6 Å². The molecule has 1 aromatic heterocycles. The number of aryl methyl sites for hydroxylation is 1. The first kappa shape index (κ1) is 12.3. The Morgan fingerprint density at radius 3 is 2.42 bits per heavy atom. The maximum Gasteiger partial charge on any atom is 0.241 e. The zero-order chi connectivity index (χ0) is 13.2. The van der Waals surface area contributed by atoms with E-state index < -0.39 is 0 Å². The van der Waals surface area contributed by atoms with Crippen molar-refractivity contribution in [1.82, 2.24) is 9.97 Å². The van der Waals surface area contributed by atoms with Gasteiger partial charge in [-0.3, -0.25) is 0 Å². The van der Waals surface area contributed by atoms with Crippen LogP contribution >= 0.6 is 22.6 Å². The average Bonchev–Trinajstić information content (AvgIpc) is 2.40. The Bertz CT molecular complexity index is 743. The summed E-state index contributed by atoms with van der Waals surface area (Å²) >= 11 is 2.25. The van der Waals surface area contributed by atoms with Crippen LogP contribution < -0.4 is 4.74 Å². The molecule has 4 heteroatoms. The predicted octanol–water partition coefficient (Wildman–Crippen LogP) is 4.34. The van der Waals surface area contributed by atoms with Crippen molar-refractivity contribution >= 4 is 33.6 Å². The van der Waals surface area contributed by atoms with Crippen LogP contribution in [0.4, 0.5) is 0 Å². The van der Waals surface area contributed by atoms with Crippen LogP contribution in [0.1, 0.15) is 5.69 Å². The van der Waals surface area contributed by atoms with Crippen molar-refractivity contribution in [2.45, 2.75) is 6.92 Å². The highest BCUT2D eigenvalue weighted by molar-refractivity contribution is 14.1. The molecule has 19 heavy (non-hydrogen) atoms. The highest BCUT2D eigenvalue weighted by atomic mass is 127. The van der Waals surface area contributed by atoms with Crippen molar-refractivity contribution in [3.05, 3.63) is 57.8 Å². The van der Waals surface area contributed by atoms with Gasteiger partial charge in [0.1, 0.15) is 11.4 Å². The molecule has 3 rings (SSSR count). The molecule has 0 spiro atoms. The third kappa shape index (κ3) is 2.68. The van der Waals surface area contributed by atoms with Gasteiger partial charge in [0.2, 0.25) is 5.88 Å². The van der Waals surface area contributed by atoms with Crippen molar-refractivity contribution in [2.75, 3.05) is 0 Å². The summed E-state index contributed by atoms with van der Waals surface area (Å²) < 4.78 is 6.95.